The molecule has 5 rings (SSSR count). The average Bonchev–Trinajstić information content (AvgIpc) is 3.17. The zero-order valence-electron chi connectivity index (χ0n) is 18.2. The molecule has 0 unspecified atom stereocenters. The molecule has 1 saturated carbocycles. The number of amides is 3. The van der Waals surface area contributed by atoms with Crippen molar-refractivity contribution in [1.82, 2.24) is 9.47 Å². The second-order valence-corrected chi connectivity index (χ2v) is 12.3. The van der Waals surface area contributed by atoms with Crippen molar-refractivity contribution in [1.29, 1.82) is 0 Å². The highest BCUT2D eigenvalue weighted by Gasteiger charge is 2.56. The minimum absolute atomic E-state index is 0.0798. The van der Waals surface area contributed by atoms with Crippen LogP contribution in [-0.2, 0) is 4.79 Å². The fourth-order valence-electron chi connectivity index (χ4n) is 5.45. The third-order valence-corrected chi connectivity index (χ3v) is 11.5. The molecule has 162 valence electrons. The van der Waals surface area contributed by atoms with Crippen molar-refractivity contribution in [3.63, 3.8) is 0 Å². The van der Waals surface area contributed by atoms with Crippen molar-refractivity contribution in [3.8, 4) is 0 Å². The van der Waals surface area contributed by atoms with E-state index in [9.17, 15) is 9.59 Å². The van der Waals surface area contributed by atoms with Gasteiger partial charge in [0, 0.05) is 6.04 Å². The summed E-state index contributed by atoms with van der Waals surface area (Å²) in [5.74, 6) is -0.0798. The van der Waals surface area contributed by atoms with Crippen molar-refractivity contribution in [2.75, 3.05) is 6.54 Å². The normalized spacial score (nSPS) is 17.8. The number of imide groups is 1. The van der Waals surface area contributed by atoms with Crippen LogP contribution in [0.3, 0.4) is 0 Å². The van der Waals surface area contributed by atoms with Gasteiger partial charge in [0.05, 0.1) is 0 Å². The standard InChI is InChI=1S/C27H28N2O2Si/c30-26-21-28(22-13-5-1-6-14-22)27(31)29(26)32(23-15-7-2-8-16-23,24-17-9-3-10-18-24)25-19-11-4-12-20-25/h2-4,7-12,15-20,22H,1,5-6,13-14,21H2. The van der Waals surface area contributed by atoms with E-state index >= 15 is 0 Å². The molecule has 0 N–H and O–H groups in total. The SMILES string of the molecule is O=C1CN(C2CCCCC2)C(=O)N1[Si](c1ccccc1)(c1ccccc1)c1ccccc1. The van der Waals surface area contributed by atoms with Gasteiger partial charge < -0.3 is 4.90 Å². The lowest BCUT2D eigenvalue weighted by Crippen LogP contribution is -2.78. The van der Waals surface area contributed by atoms with Gasteiger partial charge in [-0.2, -0.15) is 0 Å². The molecule has 1 aliphatic heterocycles. The van der Waals surface area contributed by atoms with E-state index in [2.05, 4.69) is 36.4 Å². The van der Waals surface area contributed by atoms with Gasteiger partial charge in [0.2, 0.25) is 5.91 Å². The molecule has 1 saturated heterocycles. The van der Waals surface area contributed by atoms with Crippen LogP contribution in [0.1, 0.15) is 32.1 Å². The summed E-state index contributed by atoms with van der Waals surface area (Å²) in [6.45, 7) is 0.185. The molecular formula is C27H28N2O2Si. The number of hydrogen-bond acceptors (Lipinski definition) is 2. The van der Waals surface area contributed by atoms with Crippen molar-refractivity contribution in [2.45, 2.75) is 38.1 Å². The summed E-state index contributed by atoms with van der Waals surface area (Å²) in [7, 11) is -3.13. The minimum Gasteiger partial charge on any atom is -0.313 e. The lowest BCUT2D eigenvalue weighted by Gasteiger charge is -2.40. The van der Waals surface area contributed by atoms with Crippen LogP contribution in [-0.4, -0.2) is 42.2 Å². The Morgan fingerprint density at radius 3 is 1.50 bits per heavy atom. The van der Waals surface area contributed by atoms with Gasteiger partial charge in [-0.1, -0.05) is 110 Å². The molecule has 1 heterocycles. The molecule has 3 aromatic carbocycles. The van der Waals surface area contributed by atoms with E-state index in [0.29, 0.717) is 0 Å². The van der Waals surface area contributed by atoms with Gasteiger partial charge in [-0.05, 0) is 28.4 Å². The Kier molecular flexibility index (Phi) is 5.66. The van der Waals surface area contributed by atoms with Crippen LogP contribution in [0.15, 0.2) is 91.0 Å². The van der Waals surface area contributed by atoms with E-state index < -0.39 is 8.24 Å². The first-order valence-corrected chi connectivity index (χ1v) is 13.5. The molecule has 0 aromatic heterocycles. The summed E-state index contributed by atoms with van der Waals surface area (Å²) in [5.41, 5.74) is 0. The number of rotatable bonds is 5. The molecule has 2 fully saturated rings. The average molecular weight is 441 g/mol. The number of carbonyl (C=O) groups excluding carboxylic acids is 2. The number of carbonyl (C=O) groups is 2. The zero-order chi connectivity index (χ0) is 22.0. The quantitative estimate of drug-likeness (QED) is 0.347. The first-order valence-electron chi connectivity index (χ1n) is 11.5. The molecule has 3 amide bonds. The second-order valence-electron chi connectivity index (χ2n) is 8.74. The van der Waals surface area contributed by atoms with E-state index in [0.717, 1.165) is 41.2 Å². The fourth-order valence-corrected chi connectivity index (χ4v) is 10.1. The Morgan fingerprint density at radius 2 is 1.06 bits per heavy atom. The Bertz CT molecular complexity index is 986. The summed E-state index contributed by atoms with van der Waals surface area (Å²) in [6.07, 6.45) is 5.45. The van der Waals surface area contributed by atoms with E-state index in [4.69, 9.17) is 0 Å². The van der Waals surface area contributed by atoms with Crippen molar-refractivity contribution >= 4 is 35.7 Å². The molecule has 3 aromatic rings. The van der Waals surface area contributed by atoms with E-state index in [-0.39, 0.29) is 24.5 Å². The molecule has 0 atom stereocenters. The monoisotopic (exact) mass is 440 g/mol. The Balaban J connectivity index is 1.73. The first-order chi connectivity index (χ1) is 15.7. The van der Waals surface area contributed by atoms with Crippen LogP contribution in [0, 0.1) is 0 Å². The number of benzene rings is 3. The van der Waals surface area contributed by atoms with Crippen LogP contribution in [0.5, 0.6) is 0 Å². The minimum atomic E-state index is -3.13. The summed E-state index contributed by atoms with van der Waals surface area (Å²) < 4.78 is 1.67. The molecule has 5 heteroatoms. The van der Waals surface area contributed by atoms with Crippen LogP contribution >= 0.6 is 0 Å². The predicted molar refractivity (Wildman–Crippen MR) is 130 cm³/mol. The van der Waals surface area contributed by atoms with Gasteiger partial charge in [0.25, 0.3) is 8.24 Å². The van der Waals surface area contributed by atoms with Gasteiger partial charge in [-0.15, -0.1) is 0 Å². The van der Waals surface area contributed by atoms with E-state index in [1.165, 1.54) is 6.42 Å². The van der Waals surface area contributed by atoms with Crippen molar-refractivity contribution < 1.29 is 9.59 Å². The van der Waals surface area contributed by atoms with E-state index in [1.54, 1.807) is 4.57 Å². The topological polar surface area (TPSA) is 40.6 Å². The number of hydrogen-bond donors (Lipinski definition) is 0. The Hall–Kier alpha value is -3.18. The molecule has 0 bridgehead atoms. The van der Waals surface area contributed by atoms with Crippen molar-refractivity contribution in [3.05, 3.63) is 91.0 Å². The van der Waals surface area contributed by atoms with Gasteiger partial charge in [0.15, 0.2) is 0 Å². The fraction of sp³-hybridized carbons (Fsp3) is 0.259. The largest absolute Gasteiger partial charge is 0.320 e. The summed E-state index contributed by atoms with van der Waals surface area (Å²) in [5, 5.41) is 3.14. The lowest BCUT2D eigenvalue weighted by molar-refractivity contribution is -0.122. The Morgan fingerprint density at radius 1 is 0.625 bits per heavy atom. The van der Waals surface area contributed by atoms with Crippen LogP contribution in [0.25, 0.3) is 0 Å². The first kappa shape index (κ1) is 20.7. The maximum atomic E-state index is 14.0. The zero-order valence-corrected chi connectivity index (χ0v) is 19.2. The highest BCUT2D eigenvalue weighted by atomic mass is 28.3. The lowest BCUT2D eigenvalue weighted by atomic mass is 9.94. The number of urea groups is 1. The molecule has 0 radical (unpaired) electrons. The van der Waals surface area contributed by atoms with Crippen LogP contribution in [0.4, 0.5) is 4.79 Å². The van der Waals surface area contributed by atoms with Crippen molar-refractivity contribution in [2.24, 2.45) is 0 Å². The maximum Gasteiger partial charge on any atom is 0.320 e. The second kappa shape index (κ2) is 8.75. The highest BCUT2D eigenvalue weighted by molar-refractivity contribution is 7.11. The molecule has 0 spiro atoms. The maximum absolute atomic E-state index is 14.0. The van der Waals surface area contributed by atoms with Crippen LogP contribution < -0.4 is 15.6 Å². The molecule has 4 nitrogen and oxygen atoms in total. The molecule has 1 aliphatic carbocycles. The third kappa shape index (κ3) is 3.37. The molecule has 2 aliphatic rings. The van der Waals surface area contributed by atoms with Gasteiger partial charge >= 0.3 is 6.03 Å². The van der Waals surface area contributed by atoms with E-state index in [1.807, 2.05) is 59.5 Å². The summed E-state index contributed by atoms with van der Waals surface area (Å²) >= 11 is 0. The third-order valence-electron chi connectivity index (χ3n) is 6.92. The van der Waals surface area contributed by atoms with Gasteiger partial charge in [0.1, 0.15) is 6.54 Å². The molecular weight excluding hydrogens is 412 g/mol. The summed E-state index contributed by atoms with van der Waals surface area (Å²) in [6, 6.07) is 30.5. The number of nitrogens with zero attached hydrogens (tertiary/aromatic N) is 2. The smallest absolute Gasteiger partial charge is 0.313 e. The van der Waals surface area contributed by atoms with Crippen LogP contribution in [0.2, 0.25) is 0 Å². The van der Waals surface area contributed by atoms with Gasteiger partial charge in [-0.3, -0.25) is 9.36 Å². The predicted octanol–water partition coefficient (Wildman–Crippen LogP) is 3.25. The highest BCUT2D eigenvalue weighted by Crippen LogP contribution is 2.28. The summed E-state index contributed by atoms with van der Waals surface area (Å²) in [4.78, 5) is 29.6. The Labute approximate surface area is 190 Å². The van der Waals surface area contributed by atoms with Gasteiger partial charge in [-0.25, -0.2) is 4.79 Å². The molecule has 32 heavy (non-hydrogen) atoms.